The van der Waals surface area contributed by atoms with Crippen LogP contribution in [0.15, 0.2) is 18.3 Å². The zero-order valence-corrected chi connectivity index (χ0v) is 7.36. The molecule has 1 heterocycles. The second-order valence-electron chi connectivity index (χ2n) is 2.51. The molecule has 0 aliphatic heterocycles. The van der Waals surface area contributed by atoms with Crippen molar-refractivity contribution in [2.45, 2.75) is 6.42 Å². The van der Waals surface area contributed by atoms with E-state index in [-0.39, 0.29) is 12.3 Å². The molecular weight excluding hydrogens is 168 g/mol. The summed E-state index contributed by atoms with van der Waals surface area (Å²) in [6.07, 6.45) is 3.57. The van der Waals surface area contributed by atoms with Gasteiger partial charge in [0, 0.05) is 25.1 Å². The Balaban J connectivity index is 2.54. The molecule has 1 rings (SSSR count). The molecule has 1 aromatic rings. The zero-order chi connectivity index (χ0) is 9.68. The van der Waals surface area contributed by atoms with Gasteiger partial charge in [-0.1, -0.05) is 6.07 Å². The number of carbonyl (C=O) groups excluding carboxylic acids is 1. The van der Waals surface area contributed by atoms with Crippen LogP contribution in [0.1, 0.15) is 12.0 Å². The van der Waals surface area contributed by atoms with Gasteiger partial charge >= 0.3 is 0 Å². The number of rotatable bonds is 4. The highest BCUT2D eigenvalue weighted by atomic mass is 16.5. The summed E-state index contributed by atoms with van der Waals surface area (Å²) in [4.78, 5) is 14.4. The average Bonchev–Trinajstić information content (AvgIpc) is 2.15. The number of amides is 1. The standard InChI is InChI=1S/C9H11N2O2/c1-13-9-5-3-7(6-11-9)2-4-8(10)12/h2-3,5-6H,4H2,1H3,(H2,10,12). The van der Waals surface area contributed by atoms with E-state index < -0.39 is 0 Å². The van der Waals surface area contributed by atoms with Gasteiger partial charge in [-0.05, 0) is 5.56 Å². The molecule has 1 amide bonds. The maximum atomic E-state index is 10.4. The molecule has 0 bridgehead atoms. The first-order valence-corrected chi connectivity index (χ1v) is 3.84. The molecular formula is C9H11N2O2. The van der Waals surface area contributed by atoms with Crippen LogP contribution in [-0.4, -0.2) is 18.0 Å². The van der Waals surface area contributed by atoms with Crippen LogP contribution in [0.2, 0.25) is 0 Å². The van der Waals surface area contributed by atoms with Crippen molar-refractivity contribution in [1.29, 1.82) is 0 Å². The van der Waals surface area contributed by atoms with E-state index in [1.165, 1.54) is 0 Å². The highest BCUT2D eigenvalue weighted by Crippen LogP contribution is 2.09. The molecule has 1 radical (unpaired) electrons. The fourth-order valence-corrected chi connectivity index (χ4v) is 0.852. The van der Waals surface area contributed by atoms with Gasteiger partial charge in [-0.3, -0.25) is 4.79 Å². The van der Waals surface area contributed by atoms with Crippen molar-refractivity contribution in [2.24, 2.45) is 5.73 Å². The highest BCUT2D eigenvalue weighted by molar-refractivity contribution is 5.75. The second kappa shape index (κ2) is 4.45. The minimum absolute atomic E-state index is 0.230. The van der Waals surface area contributed by atoms with Crippen LogP contribution >= 0.6 is 0 Å². The first kappa shape index (κ1) is 9.51. The number of pyridine rings is 1. The molecule has 0 saturated carbocycles. The van der Waals surface area contributed by atoms with E-state index >= 15 is 0 Å². The van der Waals surface area contributed by atoms with E-state index in [0.29, 0.717) is 5.88 Å². The lowest BCUT2D eigenvalue weighted by Gasteiger charge is -2.00. The van der Waals surface area contributed by atoms with Crippen molar-refractivity contribution in [3.8, 4) is 5.88 Å². The molecule has 2 N–H and O–H groups in total. The quantitative estimate of drug-likeness (QED) is 0.732. The Morgan fingerprint density at radius 1 is 1.69 bits per heavy atom. The first-order chi connectivity index (χ1) is 6.22. The summed E-state index contributed by atoms with van der Waals surface area (Å²) in [6.45, 7) is 0. The van der Waals surface area contributed by atoms with Crippen LogP contribution in [-0.2, 0) is 4.79 Å². The number of hydrogen-bond acceptors (Lipinski definition) is 3. The third-order valence-corrected chi connectivity index (χ3v) is 1.51. The van der Waals surface area contributed by atoms with Gasteiger partial charge in [-0.15, -0.1) is 0 Å². The molecule has 0 aromatic carbocycles. The molecule has 0 saturated heterocycles. The first-order valence-electron chi connectivity index (χ1n) is 3.84. The molecule has 0 spiro atoms. The second-order valence-corrected chi connectivity index (χ2v) is 2.51. The fourth-order valence-electron chi connectivity index (χ4n) is 0.852. The third kappa shape index (κ3) is 3.11. The number of aromatic nitrogens is 1. The topological polar surface area (TPSA) is 65.2 Å². The minimum atomic E-state index is -0.351. The third-order valence-electron chi connectivity index (χ3n) is 1.51. The Kier molecular flexibility index (Phi) is 3.25. The zero-order valence-electron chi connectivity index (χ0n) is 7.36. The van der Waals surface area contributed by atoms with Gasteiger partial charge in [0.25, 0.3) is 0 Å². The van der Waals surface area contributed by atoms with Gasteiger partial charge in [-0.25, -0.2) is 4.98 Å². The summed E-state index contributed by atoms with van der Waals surface area (Å²) in [7, 11) is 1.55. The van der Waals surface area contributed by atoms with Crippen LogP contribution in [0.3, 0.4) is 0 Å². The lowest BCUT2D eigenvalue weighted by atomic mass is 10.1. The summed E-state index contributed by atoms with van der Waals surface area (Å²) in [5.41, 5.74) is 5.84. The Bertz CT molecular complexity index is 282. The minimum Gasteiger partial charge on any atom is -0.481 e. The highest BCUT2D eigenvalue weighted by Gasteiger charge is 1.98. The molecule has 4 nitrogen and oxygen atoms in total. The Labute approximate surface area is 76.7 Å². The summed E-state index contributed by atoms with van der Waals surface area (Å²) >= 11 is 0. The van der Waals surface area contributed by atoms with E-state index in [1.54, 1.807) is 25.8 Å². The molecule has 1 aromatic heterocycles. The summed E-state index contributed by atoms with van der Waals surface area (Å²) in [5.74, 6) is 0.201. The number of methoxy groups -OCH3 is 1. The van der Waals surface area contributed by atoms with Crippen molar-refractivity contribution in [1.82, 2.24) is 4.98 Å². The van der Waals surface area contributed by atoms with Crippen molar-refractivity contribution < 1.29 is 9.53 Å². The van der Waals surface area contributed by atoms with Crippen LogP contribution in [0, 0.1) is 6.42 Å². The normalized spacial score (nSPS) is 9.62. The Hall–Kier alpha value is -1.58. The predicted octanol–water partition coefficient (Wildman–Crippen LogP) is 0.518. The lowest BCUT2D eigenvalue weighted by Crippen LogP contribution is -2.10. The maximum Gasteiger partial charge on any atom is 0.218 e. The van der Waals surface area contributed by atoms with Gasteiger partial charge in [-0.2, -0.15) is 0 Å². The Morgan fingerprint density at radius 3 is 2.92 bits per heavy atom. The van der Waals surface area contributed by atoms with Gasteiger partial charge < -0.3 is 10.5 Å². The fraction of sp³-hybridized carbons (Fsp3) is 0.222. The smallest absolute Gasteiger partial charge is 0.218 e. The van der Waals surface area contributed by atoms with Crippen molar-refractivity contribution in [2.75, 3.05) is 7.11 Å². The van der Waals surface area contributed by atoms with Crippen LogP contribution in [0.25, 0.3) is 0 Å². The summed E-state index contributed by atoms with van der Waals surface area (Å²) < 4.78 is 4.88. The molecule has 0 unspecified atom stereocenters. The van der Waals surface area contributed by atoms with Crippen molar-refractivity contribution in [3.05, 3.63) is 30.3 Å². The molecule has 4 heteroatoms. The van der Waals surface area contributed by atoms with Crippen molar-refractivity contribution >= 4 is 5.91 Å². The summed E-state index contributed by atoms with van der Waals surface area (Å²) in [5, 5.41) is 0. The SMILES string of the molecule is COc1ccc([CH]CC(N)=O)cn1. The van der Waals surface area contributed by atoms with E-state index in [1.807, 2.05) is 6.07 Å². The maximum absolute atomic E-state index is 10.4. The van der Waals surface area contributed by atoms with E-state index in [2.05, 4.69) is 4.98 Å². The van der Waals surface area contributed by atoms with Gasteiger partial charge in [0.2, 0.25) is 11.8 Å². The van der Waals surface area contributed by atoms with Crippen LogP contribution in [0.5, 0.6) is 5.88 Å². The molecule has 0 aliphatic rings. The number of nitrogens with zero attached hydrogens (tertiary/aromatic N) is 1. The van der Waals surface area contributed by atoms with E-state index in [9.17, 15) is 4.79 Å². The number of primary amides is 1. The molecule has 13 heavy (non-hydrogen) atoms. The number of ether oxygens (including phenoxy) is 1. The molecule has 69 valence electrons. The summed E-state index contributed by atoms with van der Waals surface area (Å²) in [6, 6.07) is 3.54. The molecule has 0 aliphatic carbocycles. The molecule has 0 fully saturated rings. The van der Waals surface area contributed by atoms with Crippen LogP contribution in [0.4, 0.5) is 0 Å². The van der Waals surface area contributed by atoms with Gasteiger partial charge in [0.15, 0.2) is 0 Å². The van der Waals surface area contributed by atoms with Crippen LogP contribution < -0.4 is 10.5 Å². The number of hydrogen-bond donors (Lipinski definition) is 1. The van der Waals surface area contributed by atoms with Crippen molar-refractivity contribution in [3.63, 3.8) is 0 Å². The van der Waals surface area contributed by atoms with E-state index in [0.717, 1.165) is 5.56 Å². The van der Waals surface area contributed by atoms with Gasteiger partial charge in [0.05, 0.1) is 7.11 Å². The van der Waals surface area contributed by atoms with Gasteiger partial charge in [0.1, 0.15) is 0 Å². The van der Waals surface area contributed by atoms with E-state index in [4.69, 9.17) is 10.5 Å². The monoisotopic (exact) mass is 179 g/mol. The Morgan fingerprint density at radius 2 is 2.46 bits per heavy atom. The number of nitrogens with two attached hydrogens (primary N) is 1. The largest absolute Gasteiger partial charge is 0.481 e. The average molecular weight is 179 g/mol. The molecule has 0 atom stereocenters. The predicted molar refractivity (Wildman–Crippen MR) is 48.0 cm³/mol. The lowest BCUT2D eigenvalue weighted by molar-refractivity contribution is -0.117. The number of carbonyl (C=O) groups is 1.